The van der Waals surface area contributed by atoms with E-state index in [1.807, 2.05) is 0 Å². The largest absolute Gasteiger partial charge is 0.416 e. The number of sulfonamides is 1. The topological polar surface area (TPSA) is 72.2 Å². The molecule has 0 radical (unpaired) electrons. The van der Waals surface area contributed by atoms with Crippen LogP contribution in [0.15, 0.2) is 29.2 Å². The van der Waals surface area contributed by atoms with Crippen LogP contribution in [0, 0.1) is 0 Å². The molecule has 0 fully saturated rings. The van der Waals surface area contributed by atoms with Crippen LogP contribution in [0.4, 0.5) is 13.2 Å². The Morgan fingerprint density at radius 1 is 1.35 bits per heavy atom. The number of benzene rings is 1. The first-order chi connectivity index (χ1) is 9.13. The molecule has 4 nitrogen and oxygen atoms in total. The van der Waals surface area contributed by atoms with Crippen LogP contribution < -0.4 is 10.5 Å². The zero-order valence-electron chi connectivity index (χ0n) is 10.3. The van der Waals surface area contributed by atoms with Gasteiger partial charge in [-0.05, 0) is 31.0 Å². The molecule has 0 spiro atoms. The monoisotopic (exact) mass is 326 g/mol. The molecule has 20 heavy (non-hydrogen) atoms. The number of nitrogens with one attached hydrogen (secondary N) is 1. The van der Waals surface area contributed by atoms with Gasteiger partial charge in [0.1, 0.15) is 0 Å². The number of thiocarbonyl (C=S) groups is 1. The van der Waals surface area contributed by atoms with Crippen LogP contribution in [0.1, 0.15) is 18.4 Å². The first-order valence-electron chi connectivity index (χ1n) is 5.58. The van der Waals surface area contributed by atoms with E-state index < -0.39 is 26.7 Å². The molecule has 0 aliphatic rings. The van der Waals surface area contributed by atoms with Gasteiger partial charge < -0.3 is 5.73 Å². The van der Waals surface area contributed by atoms with Crippen LogP contribution in [-0.4, -0.2) is 20.0 Å². The molecule has 0 aliphatic carbocycles. The number of rotatable bonds is 6. The van der Waals surface area contributed by atoms with Gasteiger partial charge in [-0.1, -0.05) is 18.3 Å². The molecule has 0 aromatic heterocycles. The summed E-state index contributed by atoms with van der Waals surface area (Å²) in [5.41, 5.74) is 4.24. The Bertz CT molecular complexity index is 586. The van der Waals surface area contributed by atoms with E-state index in [1.54, 1.807) is 0 Å². The minimum Gasteiger partial charge on any atom is -0.393 e. The lowest BCUT2D eigenvalue weighted by Gasteiger charge is -2.10. The van der Waals surface area contributed by atoms with Crippen LogP contribution in [0.5, 0.6) is 0 Å². The van der Waals surface area contributed by atoms with Crippen molar-refractivity contribution in [1.82, 2.24) is 4.72 Å². The summed E-state index contributed by atoms with van der Waals surface area (Å²) in [6.45, 7) is 0.0515. The third kappa shape index (κ3) is 5.06. The van der Waals surface area contributed by atoms with Gasteiger partial charge in [-0.2, -0.15) is 13.2 Å². The lowest BCUT2D eigenvalue weighted by atomic mass is 10.2. The predicted molar refractivity (Wildman–Crippen MR) is 72.7 cm³/mol. The summed E-state index contributed by atoms with van der Waals surface area (Å²) in [7, 11) is -3.98. The van der Waals surface area contributed by atoms with Crippen LogP contribution in [0.3, 0.4) is 0 Å². The van der Waals surface area contributed by atoms with Gasteiger partial charge in [0.25, 0.3) is 0 Å². The molecule has 3 N–H and O–H groups in total. The number of hydrogen-bond donors (Lipinski definition) is 2. The fraction of sp³-hybridized carbons (Fsp3) is 0.364. The number of nitrogens with two attached hydrogens (primary N) is 1. The third-order valence-corrected chi connectivity index (χ3v) is 4.03. The number of alkyl halides is 3. The molecule has 0 saturated carbocycles. The Labute approximate surface area is 120 Å². The minimum absolute atomic E-state index is 0.0515. The van der Waals surface area contributed by atoms with Gasteiger partial charge in [0.15, 0.2) is 0 Å². The van der Waals surface area contributed by atoms with E-state index in [0.29, 0.717) is 18.9 Å². The van der Waals surface area contributed by atoms with E-state index in [2.05, 4.69) is 16.9 Å². The maximum atomic E-state index is 12.5. The Morgan fingerprint density at radius 3 is 2.55 bits per heavy atom. The summed E-state index contributed by atoms with van der Waals surface area (Å²) >= 11 is 4.63. The third-order valence-electron chi connectivity index (χ3n) is 2.36. The van der Waals surface area contributed by atoms with E-state index in [9.17, 15) is 21.6 Å². The number of halogens is 3. The van der Waals surface area contributed by atoms with Crippen LogP contribution in [-0.2, 0) is 16.2 Å². The summed E-state index contributed by atoms with van der Waals surface area (Å²) in [4.78, 5) is -0.175. The second kappa shape index (κ2) is 6.51. The molecule has 0 amide bonds. The van der Waals surface area contributed by atoms with Crippen molar-refractivity contribution >= 4 is 27.2 Å². The highest BCUT2D eigenvalue weighted by molar-refractivity contribution is 7.89. The molecule has 0 atom stereocenters. The average molecular weight is 326 g/mol. The van der Waals surface area contributed by atoms with Crippen LogP contribution >= 0.6 is 12.2 Å². The first kappa shape index (κ1) is 16.9. The van der Waals surface area contributed by atoms with E-state index in [1.165, 1.54) is 0 Å². The molecule has 1 rings (SSSR count). The Morgan fingerprint density at radius 2 is 2.00 bits per heavy atom. The van der Waals surface area contributed by atoms with Crippen molar-refractivity contribution < 1.29 is 21.6 Å². The predicted octanol–water partition coefficient (Wildman–Crippen LogP) is 2.05. The van der Waals surface area contributed by atoms with Gasteiger partial charge in [-0.15, -0.1) is 0 Å². The SMILES string of the molecule is NC(=S)CCCNS(=O)(=O)c1cccc(C(F)(F)F)c1. The molecule has 112 valence electrons. The Balaban J connectivity index is 2.80. The van der Waals surface area contributed by atoms with Crippen molar-refractivity contribution in [3.8, 4) is 0 Å². The van der Waals surface area contributed by atoms with Gasteiger partial charge >= 0.3 is 6.18 Å². The standard InChI is InChI=1S/C11H13F3N2O2S2/c12-11(13,14)8-3-1-4-9(7-8)20(17,18)16-6-2-5-10(15)19/h1,3-4,7,16H,2,5-6H2,(H2,15,19). The van der Waals surface area contributed by atoms with Gasteiger partial charge in [0.05, 0.1) is 15.4 Å². The molecular weight excluding hydrogens is 313 g/mol. The highest BCUT2D eigenvalue weighted by Crippen LogP contribution is 2.30. The van der Waals surface area contributed by atoms with E-state index in [0.717, 1.165) is 18.2 Å². The summed E-state index contributed by atoms with van der Waals surface area (Å²) in [5.74, 6) is 0. The highest BCUT2D eigenvalue weighted by atomic mass is 32.2. The van der Waals surface area contributed by atoms with Crippen LogP contribution in [0.25, 0.3) is 0 Å². The molecule has 0 heterocycles. The van der Waals surface area contributed by atoms with Crippen molar-refractivity contribution in [2.24, 2.45) is 5.73 Å². The van der Waals surface area contributed by atoms with Crippen molar-refractivity contribution in [1.29, 1.82) is 0 Å². The Kier molecular flexibility index (Phi) is 5.49. The second-order valence-corrected chi connectivity index (χ2v) is 6.28. The molecule has 9 heteroatoms. The van der Waals surface area contributed by atoms with E-state index in [-0.39, 0.29) is 11.5 Å². The van der Waals surface area contributed by atoms with Gasteiger partial charge in [-0.25, -0.2) is 13.1 Å². The quantitative estimate of drug-likeness (QED) is 0.620. The fourth-order valence-corrected chi connectivity index (χ4v) is 2.66. The molecule has 0 aliphatic heterocycles. The molecule has 1 aromatic rings. The van der Waals surface area contributed by atoms with Crippen molar-refractivity contribution in [2.45, 2.75) is 23.9 Å². The molecular formula is C11H13F3N2O2S2. The second-order valence-electron chi connectivity index (χ2n) is 3.99. The van der Waals surface area contributed by atoms with E-state index in [4.69, 9.17) is 5.73 Å². The zero-order chi connectivity index (χ0) is 15.4. The van der Waals surface area contributed by atoms with Gasteiger partial charge in [-0.3, -0.25) is 0 Å². The van der Waals surface area contributed by atoms with Crippen molar-refractivity contribution in [2.75, 3.05) is 6.54 Å². The summed E-state index contributed by atoms with van der Waals surface area (Å²) in [5, 5.41) is 0. The normalized spacial score (nSPS) is 12.3. The fourth-order valence-electron chi connectivity index (χ4n) is 1.39. The summed E-state index contributed by atoms with van der Waals surface area (Å²) in [6.07, 6.45) is -3.84. The summed E-state index contributed by atoms with van der Waals surface area (Å²) in [6, 6.07) is 3.55. The van der Waals surface area contributed by atoms with E-state index >= 15 is 0 Å². The lowest BCUT2D eigenvalue weighted by Crippen LogP contribution is -2.26. The smallest absolute Gasteiger partial charge is 0.393 e. The van der Waals surface area contributed by atoms with Gasteiger partial charge in [0, 0.05) is 6.54 Å². The Hall–Kier alpha value is -1.19. The highest BCUT2D eigenvalue weighted by Gasteiger charge is 2.31. The molecule has 0 saturated heterocycles. The average Bonchev–Trinajstić information content (AvgIpc) is 2.34. The van der Waals surface area contributed by atoms with Crippen molar-refractivity contribution in [3.63, 3.8) is 0 Å². The molecule has 1 aromatic carbocycles. The minimum atomic E-state index is -4.59. The number of hydrogen-bond acceptors (Lipinski definition) is 3. The zero-order valence-corrected chi connectivity index (χ0v) is 11.9. The molecule has 0 unspecified atom stereocenters. The van der Waals surface area contributed by atoms with Crippen LogP contribution in [0.2, 0.25) is 0 Å². The molecule has 0 bridgehead atoms. The first-order valence-corrected chi connectivity index (χ1v) is 7.47. The lowest BCUT2D eigenvalue weighted by molar-refractivity contribution is -0.137. The maximum absolute atomic E-state index is 12.5. The summed E-state index contributed by atoms with van der Waals surface area (Å²) < 4.78 is 63.4. The maximum Gasteiger partial charge on any atom is 0.416 e. The van der Waals surface area contributed by atoms with Gasteiger partial charge in [0.2, 0.25) is 10.0 Å². The van der Waals surface area contributed by atoms with Crippen molar-refractivity contribution in [3.05, 3.63) is 29.8 Å².